The number of hydrogen-bond acceptors (Lipinski definition) is 1. The highest BCUT2D eigenvalue weighted by atomic mass is 79.9. The summed E-state index contributed by atoms with van der Waals surface area (Å²) in [4.78, 5) is 15.2. The normalized spacial score (nSPS) is 11.7. The van der Waals surface area contributed by atoms with Crippen molar-refractivity contribution in [3.8, 4) is 0 Å². The topological polar surface area (TPSA) is 44.9 Å². The van der Waals surface area contributed by atoms with Gasteiger partial charge in [-0.2, -0.15) is 13.2 Å². The molecule has 0 atom stereocenters. The summed E-state index contributed by atoms with van der Waals surface area (Å²) in [5.41, 5.74) is 0.974. The Bertz CT molecular complexity index is 902. The fourth-order valence-corrected chi connectivity index (χ4v) is 2.95. The number of aromatic nitrogens is 1. The van der Waals surface area contributed by atoms with Gasteiger partial charge in [-0.3, -0.25) is 4.79 Å². The second-order valence-electron chi connectivity index (χ2n) is 5.28. The molecule has 0 aliphatic rings. The Hall–Kier alpha value is -2.28. The van der Waals surface area contributed by atoms with Gasteiger partial charge in [0, 0.05) is 27.3 Å². The van der Waals surface area contributed by atoms with Crippen LogP contribution in [0.15, 0.2) is 53.1 Å². The number of carbonyl (C=O) groups excluding carboxylic acids is 1. The van der Waals surface area contributed by atoms with Crippen LogP contribution in [0.5, 0.6) is 0 Å². The third kappa shape index (κ3) is 3.46. The first-order chi connectivity index (χ1) is 11.3. The van der Waals surface area contributed by atoms with E-state index in [0.717, 1.165) is 22.5 Å². The van der Waals surface area contributed by atoms with Gasteiger partial charge >= 0.3 is 6.18 Å². The summed E-state index contributed by atoms with van der Waals surface area (Å²) in [5.74, 6) is -0.379. The molecule has 3 aromatic rings. The summed E-state index contributed by atoms with van der Waals surface area (Å²) in [6, 6.07) is 11.1. The number of anilines is 1. The van der Waals surface area contributed by atoms with Crippen LogP contribution in [-0.2, 0) is 17.4 Å². The van der Waals surface area contributed by atoms with Gasteiger partial charge < -0.3 is 10.3 Å². The van der Waals surface area contributed by atoms with Gasteiger partial charge in [0.2, 0.25) is 5.91 Å². The molecule has 3 rings (SSSR count). The summed E-state index contributed by atoms with van der Waals surface area (Å²) >= 11 is 2.87. The number of para-hydroxylation sites is 1. The number of hydrogen-bond donors (Lipinski definition) is 2. The van der Waals surface area contributed by atoms with E-state index in [4.69, 9.17) is 0 Å². The van der Waals surface area contributed by atoms with Gasteiger partial charge in [0.05, 0.1) is 12.0 Å². The maximum absolute atomic E-state index is 12.9. The molecule has 0 bridgehead atoms. The van der Waals surface area contributed by atoms with Crippen LogP contribution in [0.3, 0.4) is 0 Å². The summed E-state index contributed by atoms with van der Waals surface area (Å²) < 4.78 is 38.6. The van der Waals surface area contributed by atoms with Crippen LogP contribution in [-0.4, -0.2) is 10.9 Å². The van der Waals surface area contributed by atoms with E-state index in [9.17, 15) is 18.0 Å². The molecule has 124 valence electrons. The number of aromatic amines is 1. The Morgan fingerprint density at radius 2 is 1.92 bits per heavy atom. The number of benzene rings is 2. The molecule has 0 radical (unpaired) electrons. The molecule has 24 heavy (non-hydrogen) atoms. The minimum absolute atomic E-state index is 0.0652. The highest BCUT2D eigenvalue weighted by Crippen LogP contribution is 2.36. The molecule has 1 heterocycles. The number of alkyl halides is 3. The molecule has 1 amide bonds. The van der Waals surface area contributed by atoms with Gasteiger partial charge in [0.15, 0.2) is 0 Å². The first kappa shape index (κ1) is 16.6. The molecular weight excluding hydrogens is 385 g/mol. The SMILES string of the molecule is O=C(Cc1c[nH]c2ccccc12)Nc1ccc(Br)c(C(F)(F)F)c1. The third-order valence-corrected chi connectivity index (χ3v) is 4.27. The maximum Gasteiger partial charge on any atom is 0.417 e. The van der Waals surface area contributed by atoms with E-state index in [2.05, 4.69) is 26.2 Å². The molecule has 0 saturated carbocycles. The molecule has 0 saturated heterocycles. The standard InChI is InChI=1S/C17H12BrF3N2O/c18-14-6-5-11(8-13(14)17(19,20)21)23-16(24)7-10-9-22-15-4-2-1-3-12(10)15/h1-6,8-9,22H,7H2,(H,23,24). The number of halogens is 4. The average molecular weight is 397 g/mol. The van der Waals surface area contributed by atoms with Crippen LogP contribution in [0.4, 0.5) is 18.9 Å². The Morgan fingerprint density at radius 3 is 2.67 bits per heavy atom. The van der Waals surface area contributed by atoms with Crippen LogP contribution in [0.25, 0.3) is 10.9 Å². The summed E-state index contributed by atoms with van der Waals surface area (Å²) in [6.07, 6.45) is -2.69. The minimum Gasteiger partial charge on any atom is -0.361 e. The van der Waals surface area contributed by atoms with Crippen LogP contribution < -0.4 is 5.32 Å². The van der Waals surface area contributed by atoms with Crippen molar-refractivity contribution in [2.24, 2.45) is 0 Å². The van der Waals surface area contributed by atoms with Crippen molar-refractivity contribution in [3.63, 3.8) is 0 Å². The van der Waals surface area contributed by atoms with Crippen molar-refractivity contribution in [2.75, 3.05) is 5.32 Å². The van der Waals surface area contributed by atoms with Crippen molar-refractivity contribution < 1.29 is 18.0 Å². The first-order valence-electron chi connectivity index (χ1n) is 7.06. The second-order valence-corrected chi connectivity index (χ2v) is 6.13. The molecule has 0 spiro atoms. The van der Waals surface area contributed by atoms with Crippen LogP contribution in [0.2, 0.25) is 0 Å². The van der Waals surface area contributed by atoms with Crippen molar-refractivity contribution in [3.05, 3.63) is 64.3 Å². The lowest BCUT2D eigenvalue weighted by Gasteiger charge is -2.12. The van der Waals surface area contributed by atoms with E-state index in [0.29, 0.717) is 0 Å². The van der Waals surface area contributed by atoms with Crippen molar-refractivity contribution in [1.29, 1.82) is 0 Å². The molecule has 0 aliphatic heterocycles. The molecule has 1 aromatic heterocycles. The number of fused-ring (bicyclic) bond motifs is 1. The molecule has 0 fully saturated rings. The Balaban J connectivity index is 1.78. The van der Waals surface area contributed by atoms with Gasteiger partial charge in [0.1, 0.15) is 0 Å². The predicted octanol–water partition coefficient (Wildman–Crippen LogP) is 5.13. The van der Waals surface area contributed by atoms with Crippen LogP contribution in [0.1, 0.15) is 11.1 Å². The van der Waals surface area contributed by atoms with Crippen LogP contribution >= 0.6 is 15.9 Å². The van der Waals surface area contributed by atoms with E-state index < -0.39 is 11.7 Å². The monoisotopic (exact) mass is 396 g/mol. The number of nitrogens with one attached hydrogen (secondary N) is 2. The van der Waals surface area contributed by atoms with Gasteiger partial charge in [-0.05, 0) is 29.8 Å². The first-order valence-corrected chi connectivity index (χ1v) is 7.85. The van der Waals surface area contributed by atoms with Gasteiger partial charge in [-0.25, -0.2) is 0 Å². The van der Waals surface area contributed by atoms with Crippen molar-refractivity contribution >= 4 is 38.4 Å². The Kier molecular flexibility index (Phi) is 4.36. The Morgan fingerprint density at radius 1 is 1.17 bits per heavy atom. The van der Waals surface area contributed by atoms with Crippen molar-refractivity contribution in [1.82, 2.24) is 4.98 Å². The summed E-state index contributed by atoms with van der Waals surface area (Å²) in [7, 11) is 0. The van der Waals surface area contributed by atoms with E-state index in [-0.39, 0.29) is 22.5 Å². The largest absolute Gasteiger partial charge is 0.417 e. The molecular formula is C17H12BrF3N2O. The summed E-state index contributed by atoms with van der Waals surface area (Å²) in [6.45, 7) is 0. The van der Waals surface area contributed by atoms with Crippen LogP contribution in [0, 0.1) is 0 Å². The molecule has 0 aliphatic carbocycles. The zero-order valence-corrected chi connectivity index (χ0v) is 13.8. The lowest BCUT2D eigenvalue weighted by Crippen LogP contribution is -2.15. The van der Waals surface area contributed by atoms with E-state index in [1.807, 2.05) is 24.3 Å². The summed E-state index contributed by atoms with van der Waals surface area (Å²) in [5, 5.41) is 3.43. The van der Waals surface area contributed by atoms with E-state index in [1.165, 1.54) is 12.1 Å². The number of H-pyrrole nitrogens is 1. The lowest BCUT2D eigenvalue weighted by atomic mass is 10.1. The molecule has 7 heteroatoms. The van der Waals surface area contributed by atoms with Crippen molar-refractivity contribution in [2.45, 2.75) is 12.6 Å². The highest BCUT2D eigenvalue weighted by molar-refractivity contribution is 9.10. The zero-order chi connectivity index (χ0) is 17.3. The smallest absolute Gasteiger partial charge is 0.361 e. The molecule has 2 N–H and O–H groups in total. The predicted molar refractivity (Wildman–Crippen MR) is 89.8 cm³/mol. The number of rotatable bonds is 3. The lowest BCUT2D eigenvalue weighted by molar-refractivity contribution is -0.138. The van der Waals surface area contributed by atoms with Gasteiger partial charge in [-0.1, -0.05) is 34.1 Å². The minimum atomic E-state index is -4.49. The van der Waals surface area contributed by atoms with Gasteiger partial charge in [0.25, 0.3) is 0 Å². The molecule has 3 nitrogen and oxygen atoms in total. The molecule has 0 unspecified atom stereocenters. The van der Waals surface area contributed by atoms with E-state index in [1.54, 1.807) is 6.20 Å². The highest BCUT2D eigenvalue weighted by Gasteiger charge is 2.33. The fourth-order valence-electron chi connectivity index (χ4n) is 2.48. The quantitative estimate of drug-likeness (QED) is 0.633. The third-order valence-electron chi connectivity index (χ3n) is 3.58. The van der Waals surface area contributed by atoms with Gasteiger partial charge in [-0.15, -0.1) is 0 Å². The molecule has 2 aromatic carbocycles. The number of carbonyl (C=O) groups is 1. The second kappa shape index (κ2) is 6.32. The Labute approximate surface area is 144 Å². The number of amides is 1. The fraction of sp³-hybridized carbons (Fsp3) is 0.118. The average Bonchev–Trinajstić information content (AvgIpc) is 2.91. The zero-order valence-electron chi connectivity index (χ0n) is 12.2. The van der Waals surface area contributed by atoms with E-state index >= 15 is 0 Å². The maximum atomic E-state index is 12.9.